The van der Waals surface area contributed by atoms with E-state index in [9.17, 15) is 18.4 Å². The number of benzene rings is 1. The third kappa shape index (κ3) is 5.87. The Bertz CT molecular complexity index is 866. The molecule has 0 unspecified atom stereocenters. The summed E-state index contributed by atoms with van der Waals surface area (Å²) < 4.78 is 33.3. The molecular weight excluding hydrogens is 424 g/mol. The second-order valence-corrected chi connectivity index (χ2v) is 8.70. The molecule has 2 aromatic rings. The number of carbonyl (C=O) groups excluding carboxylic acids is 2. The van der Waals surface area contributed by atoms with Crippen molar-refractivity contribution in [2.24, 2.45) is 5.92 Å². The SMILES string of the molecule is CC(C)[C@H](NC(=O)c1c(F)cccc1F)C(=O)NC[C@@H](c1cccs1)N1CCOCC1. The van der Waals surface area contributed by atoms with Gasteiger partial charge in [-0.1, -0.05) is 26.0 Å². The van der Waals surface area contributed by atoms with E-state index in [0.29, 0.717) is 19.8 Å². The largest absolute Gasteiger partial charge is 0.379 e. The molecule has 1 fully saturated rings. The van der Waals surface area contributed by atoms with Crippen LogP contribution in [-0.4, -0.2) is 55.6 Å². The summed E-state index contributed by atoms with van der Waals surface area (Å²) in [6.45, 7) is 6.67. The second kappa shape index (κ2) is 10.8. The highest BCUT2D eigenvalue weighted by Crippen LogP contribution is 2.25. The Balaban J connectivity index is 1.68. The monoisotopic (exact) mass is 451 g/mol. The van der Waals surface area contributed by atoms with Crippen LogP contribution in [0.3, 0.4) is 0 Å². The first-order chi connectivity index (χ1) is 14.9. The van der Waals surface area contributed by atoms with Crippen molar-refractivity contribution in [1.29, 1.82) is 0 Å². The average Bonchev–Trinajstić information content (AvgIpc) is 3.27. The fourth-order valence-electron chi connectivity index (χ4n) is 3.55. The summed E-state index contributed by atoms with van der Waals surface area (Å²) in [4.78, 5) is 28.8. The van der Waals surface area contributed by atoms with Gasteiger partial charge in [0.2, 0.25) is 5.91 Å². The van der Waals surface area contributed by atoms with Crippen molar-refractivity contribution >= 4 is 23.2 Å². The van der Waals surface area contributed by atoms with Crippen LogP contribution in [0.15, 0.2) is 35.7 Å². The standard InChI is InChI=1S/C22H27F2N3O3S/c1-14(2)20(26-21(28)19-15(23)5-3-6-16(19)24)22(29)25-13-17(18-7-4-12-31-18)27-8-10-30-11-9-27/h3-7,12,14,17,20H,8-11,13H2,1-2H3,(H,25,29)(H,26,28)/t17-,20-/m0/s1. The molecule has 2 heterocycles. The topological polar surface area (TPSA) is 70.7 Å². The number of hydrogen-bond donors (Lipinski definition) is 2. The van der Waals surface area contributed by atoms with Crippen LogP contribution < -0.4 is 10.6 Å². The normalized spacial score (nSPS) is 16.7. The molecule has 9 heteroatoms. The quantitative estimate of drug-likeness (QED) is 0.648. The molecule has 2 amide bonds. The van der Waals surface area contributed by atoms with E-state index in [4.69, 9.17) is 4.74 Å². The molecule has 0 saturated carbocycles. The van der Waals surface area contributed by atoms with Gasteiger partial charge in [0.1, 0.15) is 23.2 Å². The number of halogens is 2. The maximum absolute atomic E-state index is 14.0. The molecule has 6 nitrogen and oxygen atoms in total. The number of nitrogens with zero attached hydrogens (tertiary/aromatic N) is 1. The highest BCUT2D eigenvalue weighted by atomic mass is 32.1. The van der Waals surface area contributed by atoms with Gasteiger partial charge in [-0.3, -0.25) is 14.5 Å². The minimum absolute atomic E-state index is 0.0135. The zero-order chi connectivity index (χ0) is 22.4. The first kappa shape index (κ1) is 23.3. The van der Waals surface area contributed by atoms with Gasteiger partial charge < -0.3 is 15.4 Å². The van der Waals surface area contributed by atoms with Crippen molar-refractivity contribution in [3.05, 3.63) is 57.8 Å². The summed E-state index contributed by atoms with van der Waals surface area (Å²) in [5.74, 6) is -3.55. The van der Waals surface area contributed by atoms with E-state index >= 15 is 0 Å². The van der Waals surface area contributed by atoms with Gasteiger partial charge in [-0.05, 0) is 29.5 Å². The number of rotatable bonds is 8. The molecule has 31 heavy (non-hydrogen) atoms. The van der Waals surface area contributed by atoms with Crippen LogP contribution >= 0.6 is 11.3 Å². The maximum Gasteiger partial charge on any atom is 0.257 e. The van der Waals surface area contributed by atoms with E-state index in [1.807, 2.05) is 17.5 Å². The minimum Gasteiger partial charge on any atom is -0.379 e. The Morgan fingerprint density at radius 1 is 1.13 bits per heavy atom. The maximum atomic E-state index is 14.0. The highest BCUT2D eigenvalue weighted by Gasteiger charge is 2.29. The first-order valence-corrected chi connectivity index (χ1v) is 11.1. The molecule has 1 saturated heterocycles. The van der Waals surface area contributed by atoms with Gasteiger partial charge >= 0.3 is 0 Å². The van der Waals surface area contributed by atoms with Crippen LogP contribution in [-0.2, 0) is 9.53 Å². The van der Waals surface area contributed by atoms with E-state index in [1.165, 1.54) is 6.07 Å². The van der Waals surface area contributed by atoms with Gasteiger partial charge in [0.25, 0.3) is 5.91 Å². The highest BCUT2D eigenvalue weighted by molar-refractivity contribution is 7.10. The number of carbonyl (C=O) groups is 2. The van der Waals surface area contributed by atoms with Crippen LogP contribution in [0.2, 0.25) is 0 Å². The Labute approximate surface area is 184 Å². The zero-order valence-electron chi connectivity index (χ0n) is 17.6. The van der Waals surface area contributed by atoms with Gasteiger partial charge in [-0.25, -0.2) is 8.78 Å². The molecule has 1 aromatic carbocycles. The van der Waals surface area contributed by atoms with E-state index in [0.717, 1.165) is 30.1 Å². The summed E-state index contributed by atoms with van der Waals surface area (Å²) >= 11 is 1.62. The zero-order valence-corrected chi connectivity index (χ0v) is 18.4. The fourth-order valence-corrected chi connectivity index (χ4v) is 4.41. The fraction of sp³-hybridized carbons (Fsp3) is 0.455. The van der Waals surface area contributed by atoms with Crippen molar-refractivity contribution in [2.45, 2.75) is 25.9 Å². The van der Waals surface area contributed by atoms with Crippen molar-refractivity contribution in [3.8, 4) is 0 Å². The van der Waals surface area contributed by atoms with E-state index < -0.39 is 35.1 Å². The smallest absolute Gasteiger partial charge is 0.257 e. The van der Waals surface area contributed by atoms with Gasteiger partial charge in [-0.15, -0.1) is 11.3 Å². The molecule has 0 aliphatic carbocycles. The molecule has 3 rings (SSSR count). The summed E-state index contributed by atoms with van der Waals surface area (Å²) in [5, 5.41) is 7.40. The van der Waals surface area contributed by atoms with Crippen LogP contribution in [0.1, 0.15) is 35.1 Å². The minimum atomic E-state index is -0.967. The number of thiophene rings is 1. The second-order valence-electron chi connectivity index (χ2n) is 7.72. The van der Waals surface area contributed by atoms with E-state index in [2.05, 4.69) is 15.5 Å². The lowest BCUT2D eigenvalue weighted by Crippen LogP contribution is -2.52. The van der Waals surface area contributed by atoms with Crippen LogP contribution in [0, 0.1) is 17.6 Å². The Kier molecular flexibility index (Phi) is 8.11. The van der Waals surface area contributed by atoms with Crippen LogP contribution in [0.25, 0.3) is 0 Å². The number of hydrogen-bond acceptors (Lipinski definition) is 5. The van der Waals surface area contributed by atoms with Gasteiger partial charge in [0, 0.05) is 24.5 Å². The number of nitrogens with one attached hydrogen (secondary N) is 2. The number of morpholine rings is 1. The third-order valence-electron chi connectivity index (χ3n) is 5.25. The Morgan fingerprint density at radius 2 is 1.81 bits per heavy atom. The lowest BCUT2D eigenvalue weighted by Gasteiger charge is -2.34. The molecule has 0 radical (unpaired) electrons. The van der Waals surface area contributed by atoms with Crippen molar-refractivity contribution in [3.63, 3.8) is 0 Å². The van der Waals surface area contributed by atoms with Crippen LogP contribution in [0.5, 0.6) is 0 Å². The van der Waals surface area contributed by atoms with E-state index in [-0.39, 0.29) is 12.0 Å². The third-order valence-corrected chi connectivity index (χ3v) is 6.23. The molecule has 0 bridgehead atoms. The van der Waals surface area contributed by atoms with Crippen molar-refractivity contribution in [2.75, 3.05) is 32.8 Å². The van der Waals surface area contributed by atoms with Gasteiger partial charge in [-0.2, -0.15) is 0 Å². The van der Waals surface area contributed by atoms with Gasteiger partial charge in [0.05, 0.1) is 19.3 Å². The molecule has 1 aromatic heterocycles. The lowest BCUT2D eigenvalue weighted by atomic mass is 10.0. The summed E-state index contributed by atoms with van der Waals surface area (Å²) in [7, 11) is 0. The van der Waals surface area contributed by atoms with Gasteiger partial charge in [0.15, 0.2) is 0 Å². The average molecular weight is 452 g/mol. The molecule has 1 aliphatic heterocycles. The Hall–Kier alpha value is -2.36. The molecule has 2 N–H and O–H groups in total. The first-order valence-electron chi connectivity index (χ1n) is 10.3. The van der Waals surface area contributed by atoms with Crippen molar-refractivity contribution < 1.29 is 23.1 Å². The molecule has 2 atom stereocenters. The number of ether oxygens (including phenoxy) is 1. The summed E-state index contributed by atoms with van der Waals surface area (Å²) in [6.07, 6.45) is 0. The molecular formula is C22H27F2N3O3S. The van der Waals surface area contributed by atoms with Crippen molar-refractivity contribution in [1.82, 2.24) is 15.5 Å². The molecule has 1 aliphatic rings. The predicted molar refractivity (Wildman–Crippen MR) is 115 cm³/mol. The Morgan fingerprint density at radius 3 is 2.39 bits per heavy atom. The predicted octanol–water partition coefficient (Wildman–Crippen LogP) is 2.97. The summed E-state index contributed by atoms with van der Waals surface area (Å²) in [5.41, 5.74) is -0.689. The molecule has 168 valence electrons. The lowest BCUT2D eigenvalue weighted by molar-refractivity contribution is -0.124. The van der Waals surface area contributed by atoms with E-state index in [1.54, 1.807) is 25.2 Å². The van der Waals surface area contributed by atoms with Crippen LogP contribution in [0.4, 0.5) is 8.78 Å². The number of amides is 2. The summed E-state index contributed by atoms with van der Waals surface area (Å²) in [6, 6.07) is 6.26. The molecule has 0 spiro atoms.